The minimum atomic E-state index is -2.27. The molecule has 0 spiro atoms. The molecule has 10 nitrogen and oxygen atoms in total. The molecule has 0 aromatic carbocycles. The normalized spacial score (nSPS) is 11.0. The molecule has 1 N–H and O–H groups in total. The van der Waals surface area contributed by atoms with Gasteiger partial charge in [-0.1, -0.05) is 0 Å². The van der Waals surface area contributed by atoms with E-state index in [1.54, 1.807) is 0 Å². The Morgan fingerprint density at radius 2 is 1.80 bits per heavy atom. The summed E-state index contributed by atoms with van der Waals surface area (Å²) in [6.07, 6.45) is 2.47. The van der Waals surface area contributed by atoms with Crippen LogP contribution >= 0.6 is 0 Å². The topological polar surface area (TPSA) is 129 Å². The Morgan fingerprint density at radius 3 is 2.20 bits per heavy atom. The van der Waals surface area contributed by atoms with Crippen LogP contribution in [-0.2, 0) is 0 Å². The van der Waals surface area contributed by atoms with Gasteiger partial charge in [-0.05, 0) is 0 Å². The van der Waals surface area contributed by atoms with E-state index in [9.17, 15) is 20.2 Å². The minimum absolute atomic E-state index is 0.467. The number of nitrogens with zero attached hydrogens (tertiary/aromatic N) is 5. The number of hydrogen-bond donors (Lipinski definition) is 1. The Bertz CT molecular complexity index is 348. The van der Waals surface area contributed by atoms with Crippen molar-refractivity contribution in [3.8, 4) is 0 Å². The highest BCUT2D eigenvalue weighted by molar-refractivity contribution is 4.77. The zero-order valence-electron chi connectivity index (χ0n) is 7.73. The van der Waals surface area contributed by atoms with Crippen molar-refractivity contribution in [3.05, 3.63) is 32.9 Å². The lowest BCUT2D eigenvalue weighted by Crippen LogP contribution is -2.50. The molecule has 10 heteroatoms. The van der Waals surface area contributed by atoms with E-state index < -0.39 is 22.1 Å². The van der Waals surface area contributed by atoms with Crippen molar-refractivity contribution in [3.63, 3.8) is 0 Å². The van der Waals surface area contributed by atoms with Crippen LogP contribution in [0.2, 0.25) is 0 Å². The molecule has 0 aliphatic rings. The minimum Gasteiger partial charge on any atom is -0.309 e. The third-order valence-corrected chi connectivity index (χ3v) is 1.80. The lowest BCUT2D eigenvalue weighted by molar-refractivity contribution is -0.787. The third-order valence-electron chi connectivity index (χ3n) is 1.80. The molecule has 0 saturated heterocycles. The summed E-state index contributed by atoms with van der Waals surface area (Å²) in [7, 11) is 0. The third kappa shape index (κ3) is 2.15. The molecule has 1 heterocycles. The first-order chi connectivity index (χ1) is 6.97. The van der Waals surface area contributed by atoms with E-state index in [0.717, 1.165) is 6.92 Å². The Hall–Kier alpha value is -2.26. The van der Waals surface area contributed by atoms with Gasteiger partial charge in [-0.3, -0.25) is 20.2 Å². The van der Waals surface area contributed by atoms with Gasteiger partial charge in [-0.15, -0.1) is 10.2 Å². The fourth-order valence-corrected chi connectivity index (χ4v) is 0.719. The largest absolute Gasteiger partial charge is 0.473 e. The van der Waals surface area contributed by atoms with Crippen LogP contribution in [0.3, 0.4) is 0 Å². The van der Waals surface area contributed by atoms with E-state index in [1.807, 2.05) is 0 Å². The van der Waals surface area contributed by atoms with E-state index in [1.165, 1.54) is 17.3 Å². The van der Waals surface area contributed by atoms with Crippen molar-refractivity contribution >= 4 is 0 Å². The van der Waals surface area contributed by atoms with Gasteiger partial charge in [0.25, 0.3) is 0 Å². The predicted molar refractivity (Wildman–Crippen MR) is 46.6 cm³/mol. The molecule has 1 aromatic rings. The summed E-state index contributed by atoms with van der Waals surface area (Å²) in [6, 6.07) is 0. The first-order valence-electron chi connectivity index (χ1n) is 3.84. The molecule has 15 heavy (non-hydrogen) atoms. The maximum Gasteiger partial charge on any atom is 0.473 e. The zero-order chi connectivity index (χ0) is 11.5. The highest BCUT2D eigenvalue weighted by Gasteiger charge is 2.50. The fourth-order valence-electron chi connectivity index (χ4n) is 0.719. The molecule has 1 aromatic heterocycles. The van der Waals surface area contributed by atoms with Gasteiger partial charge in [-0.25, -0.2) is 4.68 Å². The second-order valence-electron chi connectivity index (χ2n) is 2.94. The van der Waals surface area contributed by atoms with Gasteiger partial charge in [0.15, 0.2) is 6.54 Å². The van der Waals surface area contributed by atoms with Crippen LogP contribution < -0.4 is 5.43 Å². The molecule has 0 radical (unpaired) electrons. The van der Waals surface area contributed by atoms with Gasteiger partial charge in [0.2, 0.25) is 0 Å². The van der Waals surface area contributed by atoms with Crippen LogP contribution in [0.25, 0.3) is 0 Å². The van der Waals surface area contributed by atoms with Gasteiger partial charge in [-0.2, -0.15) is 0 Å². The van der Waals surface area contributed by atoms with Crippen LogP contribution in [0.1, 0.15) is 6.92 Å². The first-order valence-corrected chi connectivity index (χ1v) is 3.84. The molecular weight excluding hydrogens is 208 g/mol. The Labute approximate surface area is 83.2 Å². The highest BCUT2D eigenvalue weighted by Crippen LogP contribution is 2.08. The zero-order valence-corrected chi connectivity index (χ0v) is 7.73. The van der Waals surface area contributed by atoms with E-state index in [2.05, 4.69) is 15.6 Å². The van der Waals surface area contributed by atoms with Gasteiger partial charge in [0.05, 0.1) is 6.92 Å². The standard InChI is InChI=1S/C5H8N6O4/c1-5(10(12)13,11(14)15)2-8-9-3-6-7-4-9/h3-4,8H,2H2,1H3. The van der Waals surface area contributed by atoms with Gasteiger partial charge in [0.1, 0.15) is 22.5 Å². The summed E-state index contributed by atoms with van der Waals surface area (Å²) in [5.74, 6) is 0. The molecular formula is C5H8N6O4. The van der Waals surface area contributed by atoms with Crippen molar-refractivity contribution in [1.82, 2.24) is 14.9 Å². The van der Waals surface area contributed by atoms with Crippen molar-refractivity contribution in [2.24, 2.45) is 0 Å². The second-order valence-corrected chi connectivity index (χ2v) is 2.94. The number of hydrogen-bond acceptors (Lipinski definition) is 7. The Kier molecular flexibility index (Phi) is 2.78. The maximum atomic E-state index is 10.5. The van der Waals surface area contributed by atoms with Crippen molar-refractivity contribution in [2.75, 3.05) is 12.0 Å². The first kappa shape index (κ1) is 10.8. The van der Waals surface area contributed by atoms with Crippen molar-refractivity contribution in [1.29, 1.82) is 0 Å². The van der Waals surface area contributed by atoms with Crippen molar-refractivity contribution in [2.45, 2.75) is 12.6 Å². The van der Waals surface area contributed by atoms with Crippen LogP contribution in [0, 0.1) is 20.2 Å². The quantitative estimate of drug-likeness (QED) is 0.383. The van der Waals surface area contributed by atoms with Gasteiger partial charge < -0.3 is 5.43 Å². The monoisotopic (exact) mass is 216 g/mol. The van der Waals surface area contributed by atoms with Gasteiger partial charge in [0, 0.05) is 0 Å². The molecule has 82 valence electrons. The molecule has 1 rings (SSSR count). The maximum absolute atomic E-state index is 10.5. The highest BCUT2D eigenvalue weighted by atomic mass is 16.7. The molecule has 0 amide bonds. The summed E-state index contributed by atoms with van der Waals surface area (Å²) >= 11 is 0. The van der Waals surface area contributed by atoms with Crippen LogP contribution in [0.15, 0.2) is 12.7 Å². The lowest BCUT2D eigenvalue weighted by atomic mass is 10.2. The molecule has 0 fully saturated rings. The molecule has 0 bridgehead atoms. The summed E-state index contributed by atoms with van der Waals surface area (Å²) in [5.41, 5.74) is 0.163. The fraction of sp³-hybridized carbons (Fsp3) is 0.600. The average molecular weight is 216 g/mol. The second kappa shape index (κ2) is 3.86. The number of aromatic nitrogens is 3. The summed E-state index contributed by atoms with van der Waals surface area (Å²) in [6.45, 7) is 0.454. The smallest absolute Gasteiger partial charge is 0.309 e. The van der Waals surface area contributed by atoms with Crippen LogP contribution in [0.5, 0.6) is 0 Å². The Balaban J connectivity index is 2.69. The summed E-state index contributed by atoms with van der Waals surface area (Å²) in [5, 5.41) is 27.9. The SMILES string of the molecule is CC(CNn1cnnc1)([N+](=O)[O-])[N+](=O)[O-]. The van der Waals surface area contributed by atoms with E-state index in [4.69, 9.17) is 0 Å². The number of nitro groups is 2. The number of rotatable bonds is 5. The van der Waals surface area contributed by atoms with E-state index in [0.29, 0.717) is 0 Å². The predicted octanol–water partition coefficient (Wildman–Crippen LogP) is -0.909. The molecule has 0 unspecified atom stereocenters. The van der Waals surface area contributed by atoms with E-state index in [-0.39, 0.29) is 0 Å². The van der Waals surface area contributed by atoms with Gasteiger partial charge >= 0.3 is 5.66 Å². The van der Waals surface area contributed by atoms with Crippen LogP contribution in [-0.4, -0.2) is 36.9 Å². The Morgan fingerprint density at radius 1 is 1.33 bits per heavy atom. The number of nitrogens with one attached hydrogen (secondary N) is 1. The molecule has 0 saturated carbocycles. The summed E-state index contributed by atoms with van der Waals surface area (Å²) < 4.78 is 1.20. The lowest BCUT2D eigenvalue weighted by Gasteiger charge is -2.13. The molecule has 0 aliphatic carbocycles. The van der Waals surface area contributed by atoms with Crippen LogP contribution in [0.4, 0.5) is 0 Å². The van der Waals surface area contributed by atoms with E-state index >= 15 is 0 Å². The average Bonchev–Trinajstić information content (AvgIpc) is 2.65. The molecule has 0 aliphatic heterocycles. The molecule has 0 atom stereocenters. The summed E-state index contributed by atoms with van der Waals surface area (Å²) in [4.78, 5) is 19.1. The van der Waals surface area contributed by atoms with Crippen molar-refractivity contribution < 1.29 is 9.85 Å².